The minimum Gasteiger partial charge on any atom is -0.406 e. The minimum atomic E-state index is -4.77. The summed E-state index contributed by atoms with van der Waals surface area (Å²) in [7, 11) is 3.91. The predicted octanol–water partition coefficient (Wildman–Crippen LogP) is 5.38. The number of hydrogen-bond acceptors (Lipinski definition) is 6. The highest BCUT2D eigenvalue weighted by atomic mass is 19.4. The van der Waals surface area contributed by atoms with Crippen LogP contribution in [-0.4, -0.2) is 48.4 Å². The number of nitrogens with zero attached hydrogens (tertiary/aromatic N) is 3. The Balaban J connectivity index is 1.96. The number of halogens is 3. The van der Waals surface area contributed by atoms with E-state index in [1.54, 1.807) is 12.1 Å². The maximum Gasteiger partial charge on any atom is 0.573 e. The number of hydrogen-bond donors (Lipinski definition) is 2. The van der Waals surface area contributed by atoms with Crippen LogP contribution in [0.2, 0.25) is 0 Å². The van der Waals surface area contributed by atoms with Gasteiger partial charge >= 0.3 is 6.36 Å². The van der Waals surface area contributed by atoms with Crippen molar-refractivity contribution in [2.45, 2.75) is 20.2 Å². The zero-order chi connectivity index (χ0) is 23.3. The summed E-state index contributed by atoms with van der Waals surface area (Å²) >= 11 is 0. The van der Waals surface area contributed by atoms with Crippen molar-refractivity contribution in [2.24, 2.45) is 0 Å². The Bertz CT molecular complexity index is 1070. The number of rotatable bonds is 8. The fourth-order valence-corrected chi connectivity index (χ4v) is 2.99. The van der Waals surface area contributed by atoms with E-state index in [2.05, 4.69) is 25.3 Å². The molecule has 0 aliphatic heterocycles. The van der Waals surface area contributed by atoms with Crippen molar-refractivity contribution in [2.75, 3.05) is 37.8 Å². The minimum absolute atomic E-state index is 0.306. The number of alkyl halides is 3. The highest BCUT2D eigenvalue weighted by Gasteiger charge is 2.31. The van der Waals surface area contributed by atoms with Crippen LogP contribution in [0.25, 0.3) is 11.3 Å². The first-order chi connectivity index (χ1) is 15.1. The first-order valence-electron chi connectivity index (χ1n) is 10.1. The molecular weight excluding hydrogens is 419 g/mol. The Morgan fingerprint density at radius 1 is 1.00 bits per heavy atom. The average Bonchev–Trinajstić information content (AvgIpc) is 2.69. The number of anilines is 3. The Kier molecular flexibility index (Phi) is 7.19. The van der Waals surface area contributed by atoms with E-state index in [0.29, 0.717) is 29.6 Å². The molecule has 0 amide bonds. The number of nitrogens with one attached hydrogen (secondary N) is 2. The molecule has 170 valence electrons. The van der Waals surface area contributed by atoms with E-state index in [4.69, 9.17) is 0 Å². The van der Waals surface area contributed by atoms with Crippen molar-refractivity contribution in [3.05, 3.63) is 59.7 Å². The third-order valence-corrected chi connectivity index (χ3v) is 4.59. The summed E-state index contributed by atoms with van der Waals surface area (Å²) in [5.41, 5.74) is 3.97. The third kappa shape index (κ3) is 6.84. The zero-order valence-electron chi connectivity index (χ0n) is 18.4. The lowest BCUT2D eigenvalue weighted by atomic mass is 10.1. The highest BCUT2D eigenvalue weighted by Crippen LogP contribution is 2.30. The van der Waals surface area contributed by atoms with Crippen LogP contribution in [-0.2, 0) is 0 Å². The van der Waals surface area contributed by atoms with Crippen LogP contribution in [0.3, 0.4) is 0 Å². The lowest BCUT2D eigenvalue weighted by molar-refractivity contribution is -0.274. The summed E-state index contributed by atoms with van der Waals surface area (Å²) in [6, 6.07) is 13.5. The normalized spacial score (nSPS) is 11.5. The van der Waals surface area contributed by atoms with Crippen molar-refractivity contribution in [1.29, 1.82) is 0 Å². The molecule has 0 aliphatic carbocycles. The fourth-order valence-electron chi connectivity index (χ4n) is 2.99. The van der Waals surface area contributed by atoms with Gasteiger partial charge < -0.3 is 20.3 Å². The smallest absolute Gasteiger partial charge is 0.406 e. The van der Waals surface area contributed by atoms with Crippen molar-refractivity contribution in [1.82, 2.24) is 14.9 Å². The number of aromatic nitrogens is 2. The van der Waals surface area contributed by atoms with Gasteiger partial charge in [0.05, 0.1) is 5.69 Å². The van der Waals surface area contributed by atoms with Gasteiger partial charge in [-0.2, -0.15) is 4.98 Å². The highest BCUT2D eigenvalue weighted by molar-refractivity contribution is 5.69. The van der Waals surface area contributed by atoms with Crippen molar-refractivity contribution in [3.8, 4) is 17.0 Å². The van der Waals surface area contributed by atoms with Crippen LogP contribution in [0.4, 0.5) is 30.6 Å². The van der Waals surface area contributed by atoms with Gasteiger partial charge in [0.15, 0.2) is 0 Å². The molecule has 0 atom stereocenters. The largest absolute Gasteiger partial charge is 0.573 e. The molecule has 2 N–H and O–H groups in total. The summed E-state index contributed by atoms with van der Waals surface area (Å²) in [6.07, 6.45) is -4.77. The SMILES string of the molecule is Cc1ccc(C)c(Nc2cc(-c3cccc(OC(F)(F)F)c3)nc(NCCN(C)C)n2)c1. The van der Waals surface area contributed by atoms with Gasteiger partial charge in [-0.25, -0.2) is 4.98 Å². The van der Waals surface area contributed by atoms with E-state index in [1.165, 1.54) is 18.2 Å². The maximum absolute atomic E-state index is 12.6. The van der Waals surface area contributed by atoms with E-state index in [1.807, 2.05) is 51.0 Å². The van der Waals surface area contributed by atoms with Crippen LogP contribution in [0.5, 0.6) is 5.75 Å². The zero-order valence-corrected chi connectivity index (χ0v) is 18.4. The van der Waals surface area contributed by atoms with Gasteiger partial charge in [0.1, 0.15) is 11.6 Å². The van der Waals surface area contributed by atoms with Gasteiger partial charge in [0.25, 0.3) is 0 Å². The molecule has 6 nitrogen and oxygen atoms in total. The molecule has 0 spiro atoms. The Morgan fingerprint density at radius 3 is 2.50 bits per heavy atom. The second-order valence-electron chi connectivity index (χ2n) is 7.71. The first kappa shape index (κ1) is 23.3. The number of benzene rings is 2. The summed E-state index contributed by atoms with van der Waals surface area (Å²) in [4.78, 5) is 11.1. The van der Waals surface area contributed by atoms with E-state index in [-0.39, 0.29) is 5.75 Å². The second kappa shape index (κ2) is 9.86. The first-order valence-corrected chi connectivity index (χ1v) is 10.1. The lowest BCUT2D eigenvalue weighted by Gasteiger charge is -2.15. The van der Waals surface area contributed by atoms with Crippen LogP contribution in [0.15, 0.2) is 48.5 Å². The van der Waals surface area contributed by atoms with Gasteiger partial charge in [-0.05, 0) is 57.3 Å². The van der Waals surface area contributed by atoms with Gasteiger partial charge in [-0.1, -0.05) is 24.3 Å². The standard InChI is InChI=1S/C23H26F3N5O/c1-15-8-9-16(2)19(12-15)28-21-14-20(29-22(30-21)27-10-11-31(3)4)17-6-5-7-18(13-17)32-23(24,25)26/h5-9,12-14H,10-11H2,1-4H3,(H2,27,28,29,30). The number of ether oxygens (including phenoxy) is 1. The molecule has 9 heteroatoms. The predicted molar refractivity (Wildman–Crippen MR) is 120 cm³/mol. The molecular formula is C23H26F3N5O. The summed E-state index contributed by atoms with van der Waals surface area (Å²) in [5, 5.41) is 6.48. The van der Waals surface area contributed by atoms with Crippen molar-refractivity contribution < 1.29 is 17.9 Å². The molecule has 0 radical (unpaired) electrons. The van der Waals surface area contributed by atoms with Gasteiger partial charge in [0.2, 0.25) is 5.95 Å². The number of likely N-dealkylation sites (N-methyl/N-ethyl adjacent to an activating group) is 1. The van der Waals surface area contributed by atoms with Crippen molar-refractivity contribution >= 4 is 17.5 Å². The second-order valence-corrected chi connectivity index (χ2v) is 7.71. The molecule has 3 rings (SSSR count). The number of aryl methyl sites for hydroxylation is 2. The Hall–Kier alpha value is -3.33. The molecule has 0 saturated carbocycles. The van der Waals surface area contributed by atoms with Crippen LogP contribution >= 0.6 is 0 Å². The van der Waals surface area contributed by atoms with Gasteiger partial charge in [0, 0.05) is 30.4 Å². The Morgan fingerprint density at radius 2 is 1.78 bits per heavy atom. The quantitative estimate of drug-likeness (QED) is 0.486. The fraction of sp³-hybridized carbons (Fsp3) is 0.304. The summed E-state index contributed by atoms with van der Waals surface area (Å²) in [5.74, 6) is 0.595. The summed E-state index contributed by atoms with van der Waals surface area (Å²) in [6.45, 7) is 5.35. The van der Waals surface area contributed by atoms with E-state index in [0.717, 1.165) is 23.4 Å². The molecule has 1 aromatic heterocycles. The van der Waals surface area contributed by atoms with Crippen LogP contribution in [0.1, 0.15) is 11.1 Å². The lowest BCUT2D eigenvalue weighted by Crippen LogP contribution is -2.21. The molecule has 2 aromatic carbocycles. The monoisotopic (exact) mass is 445 g/mol. The van der Waals surface area contributed by atoms with Crippen molar-refractivity contribution in [3.63, 3.8) is 0 Å². The molecule has 0 fully saturated rings. The molecule has 0 saturated heterocycles. The molecule has 1 heterocycles. The van der Waals surface area contributed by atoms with E-state index < -0.39 is 6.36 Å². The summed E-state index contributed by atoms with van der Waals surface area (Å²) < 4.78 is 42.0. The Labute approximate surface area is 185 Å². The van der Waals surface area contributed by atoms with Crippen LogP contribution in [0, 0.1) is 13.8 Å². The molecule has 3 aromatic rings. The van der Waals surface area contributed by atoms with Gasteiger partial charge in [-0.3, -0.25) is 0 Å². The maximum atomic E-state index is 12.6. The average molecular weight is 445 g/mol. The third-order valence-electron chi connectivity index (χ3n) is 4.59. The molecule has 32 heavy (non-hydrogen) atoms. The van der Waals surface area contributed by atoms with Gasteiger partial charge in [-0.15, -0.1) is 13.2 Å². The molecule has 0 unspecified atom stereocenters. The van der Waals surface area contributed by atoms with E-state index >= 15 is 0 Å². The molecule has 0 aliphatic rings. The van der Waals surface area contributed by atoms with E-state index in [9.17, 15) is 13.2 Å². The van der Waals surface area contributed by atoms with Crippen LogP contribution < -0.4 is 15.4 Å². The topological polar surface area (TPSA) is 62.3 Å². The molecule has 0 bridgehead atoms.